The summed E-state index contributed by atoms with van der Waals surface area (Å²) in [6.07, 6.45) is -0.765. The molecule has 2 aromatic carbocycles. The fourth-order valence-corrected chi connectivity index (χ4v) is 2.52. The number of methoxy groups -OCH3 is 2. The van der Waals surface area contributed by atoms with Crippen molar-refractivity contribution >= 4 is 11.6 Å². The Balaban J connectivity index is 1.69. The summed E-state index contributed by atoms with van der Waals surface area (Å²) in [5.41, 5.74) is 3.86. The van der Waals surface area contributed by atoms with Gasteiger partial charge < -0.3 is 18.9 Å². The fraction of sp³-hybridized carbons (Fsp3) is 0.263. The van der Waals surface area contributed by atoms with Gasteiger partial charge in [0.15, 0.2) is 11.5 Å². The van der Waals surface area contributed by atoms with E-state index in [0.29, 0.717) is 28.7 Å². The van der Waals surface area contributed by atoms with Crippen molar-refractivity contribution in [2.45, 2.75) is 13.0 Å². The van der Waals surface area contributed by atoms with Gasteiger partial charge in [0.1, 0.15) is 18.1 Å². The van der Waals surface area contributed by atoms with Gasteiger partial charge in [0, 0.05) is 11.6 Å². The van der Waals surface area contributed by atoms with E-state index in [4.69, 9.17) is 18.9 Å². The van der Waals surface area contributed by atoms with Crippen LogP contribution in [0.3, 0.4) is 0 Å². The second kappa shape index (κ2) is 7.77. The highest BCUT2D eigenvalue weighted by Gasteiger charge is 2.27. The smallest absolute Gasteiger partial charge is 0.284 e. The number of ether oxygens (including phenoxy) is 4. The Morgan fingerprint density at radius 3 is 2.65 bits per heavy atom. The zero-order valence-electron chi connectivity index (χ0n) is 14.8. The molecule has 136 valence electrons. The van der Waals surface area contributed by atoms with Crippen molar-refractivity contribution in [3.63, 3.8) is 0 Å². The lowest BCUT2D eigenvalue weighted by Gasteiger charge is -2.24. The van der Waals surface area contributed by atoms with Gasteiger partial charge in [-0.25, -0.2) is 5.43 Å². The van der Waals surface area contributed by atoms with Crippen molar-refractivity contribution in [3.8, 4) is 23.0 Å². The molecule has 1 atom stereocenters. The third-order valence-electron chi connectivity index (χ3n) is 3.93. The Morgan fingerprint density at radius 2 is 1.92 bits per heavy atom. The molecule has 1 aliphatic heterocycles. The number of amides is 1. The van der Waals surface area contributed by atoms with Crippen LogP contribution in [-0.2, 0) is 4.79 Å². The zero-order chi connectivity index (χ0) is 18.5. The van der Waals surface area contributed by atoms with Crippen LogP contribution < -0.4 is 24.4 Å². The third-order valence-corrected chi connectivity index (χ3v) is 3.93. The van der Waals surface area contributed by atoms with Gasteiger partial charge in [-0.1, -0.05) is 12.1 Å². The normalized spacial score (nSPS) is 16.0. The average molecular weight is 356 g/mol. The Kier molecular flexibility index (Phi) is 5.26. The molecule has 7 nitrogen and oxygen atoms in total. The first-order valence-electron chi connectivity index (χ1n) is 8.07. The second-order valence-electron chi connectivity index (χ2n) is 5.60. The van der Waals surface area contributed by atoms with Crippen LogP contribution in [-0.4, -0.2) is 38.5 Å². The zero-order valence-corrected chi connectivity index (χ0v) is 14.8. The quantitative estimate of drug-likeness (QED) is 0.657. The highest BCUT2D eigenvalue weighted by Crippen LogP contribution is 2.31. The number of hydrazone groups is 1. The molecule has 1 aliphatic rings. The molecule has 1 amide bonds. The van der Waals surface area contributed by atoms with Crippen LogP contribution in [0.2, 0.25) is 0 Å². The number of carbonyl (C=O) groups is 1. The summed E-state index contributed by atoms with van der Waals surface area (Å²) in [6.45, 7) is 1.90. The minimum atomic E-state index is -0.765. The second-order valence-corrected chi connectivity index (χ2v) is 5.60. The molecule has 0 aliphatic carbocycles. The predicted octanol–water partition coefficient (Wildman–Crippen LogP) is 2.38. The molecule has 0 radical (unpaired) electrons. The minimum absolute atomic E-state index is 0.128. The topological polar surface area (TPSA) is 78.4 Å². The summed E-state index contributed by atoms with van der Waals surface area (Å²) >= 11 is 0. The van der Waals surface area contributed by atoms with E-state index in [9.17, 15) is 4.79 Å². The molecule has 26 heavy (non-hydrogen) atoms. The van der Waals surface area contributed by atoms with E-state index in [1.54, 1.807) is 45.4 Å². The third kappa shape index (κ3) is 3.72. The first-order chi connectivity index (χ1) is 12.6. The molecule has 1 heterocycles. The Labute approximate surface area is 151 Å². The van der Waals surface area contributed by atoms with Crippen LogP contribution in [0.4, 0.5) is 0 Å². The van der Waals surface area contributed by atoms with Crippen molar-refractivity contribution in [1.29, 1.82) is 0 Å². The Bertz CT molecular complexity index is 834. The summed E-state index contributed by atoms with van der Waals surface area (Å²) in [5.74, 6) is 2.06. The number of carbonyl (C=O) groups excluding carboxylic acids is 1. The van der Waals surface area contributed by atoms with Crippen LogP contribution in [0.15, 0.2) is 47.6 Å². The van der Waals surface area contributed by atoms with Gasteiger partial charge in [0.05, 0.1) is 19.9 Å². The van der Waals surface area contributed by atoms with Crippen LogP contribution in [0, 0.1) is 0 Å². The van der Waals surface area contributed by atoms with Gasteiger partial charge in [0.2, 0.25) is 6.10 Å². The number of fused-ring (bicyclic) bond motifs is 1. The minimum Gasteiger partial charge on any atom is -0.497 e. The van der Waals surface area contributed by atoms with Gasteiger partial charge >= 0.3 is 0 Å². The van der Waals surface area contributed by atoms with Gasteiger partial charge in [0.25, 0.3) is 5.91 Å². The molecule has 1 N–H and O–H groups in total. The number of rotatable bonds is 5. The van der Waals surface area contributed by atoms with Gasteiger partial charge in [-0.05, 0) is 31.2 Å². The lowest BCUT2D eigenvalue weighted by molar-refractivity contribution is -0.130. The fourth-order valence-electron chi connectivity index (χ4n) is 2.52. The summed E-state index contributed by atoms with van der Waals surface area (Å²) in [7, 11) is 3.15. The van der Waals surface area contributed by atoms with Crippen molar-refractivity contribution in [3.05, 3.63) is 48.0 Å². The molecule has 0 spiro atoms. The lowest BCUT2D eigenvalue weighted by atomic mass is 10.1. The largest absolute Gasteiger partial charge is 0.497 e. The van der Waals surface area contributed by atoms with Crippen molar-refractivity contribution in [2.75, 3.05) is 20.8 Å². The molecular weight excluding hydrogens is 336 g/mol. The van der Waals surface area contributed by atoms with E-state index in [2.05, 4.69) is 10.5 Å². The highest BCUT2D eigenvalue weighted by atomic mass is 16.6. The van der Waals surface area contributed by atoms with Gasteiger partial charge in [-0.2, -0.15) is 5.10 Å². The van der Waals surface area contributed by atoms with E-state index >= 15 is 0 Å². The van der Waals surface area contributed by atoms with E-state index in [-0.39, 0.29) is 12.5 Å². The molecule has 0 aromatic heterocycles. The van der Waals surface area contributed by atoms with Crippen molar-refractivity contribution in [1.82, 2.24) is 5.43 Å². The maximum atomic E-state index is 12.3. The van der Waals surface area contributed by atoms with E-state index < -0.39 is 6.10 Å². The Morgan fingerprint density at radius 1 is 1.15 bits per heavy atom. The average Bonchev–Trinajstić information content (AvgIpc) is 2.70. The van der Waals surface area contributed by atoms with E-state index in [1.165, 1.54) is 0 Å². The van der Waals surface area contributed by atoms with Crippen molar-refractivity contribution < 1.29 is 23.7 Å². The predicted molar refractivity (Wildman–Crippen MR) is 96.3 cm³/mol. The number of para-hydroxylation sites is 2. The molecule has 0 fully saturated rings. The Hall–Kier alpha value is -3.22. The van der Waals surface area contributed by atoms with E-state index in [1.807, 2.05) is 18.2 Å². The van der Waals surface area contributed by atoms with Crippen LogP contribution in [0.5, 0.6) is 23.0 Å². The van der Waals surface area contributed by atoms with Crippen LogP contribution in [0.1, 0.15) is 12.5 Å². The van der Waals surface area contributed by atoms with Crippen molar-refractivity contribution in [2.24, 2.45) is 5.10 Å². The van der Waals surface area contributed by atoms with Crippen LogP contribution >= 0.6 is 0 Å². The number of hydrogen-bond acceptors (Lipinski definition) is 6. The maximum absolute atomic E-state index is 12.3. The highest BCUT2D eigenvalue weighted by molar-refractivity contribution is 6.01. The first-order valence-corrected chi connectivity index (χ1v) is 8.07. The monoisotopic (exact) mass is 356 g/mol. The SMILES string of the molecule is COc1ccc(/C(C)=N\NC(=O)[C@H]2COc3ccccc3O2)c(OC)c1. The molecule has 7 heteroatoms. The van der Waals surface area contributed by atoms with Crippen LogP contribution in [0.25, 0.3) is 0 Å². The standard InChI is InChI=1S/C19H20N2O5/c1-12(14-9-8-13(23-2)10-17(14)24-3)20-21-19(22)18-11-25-15-6-4-5-7-16(15)26-18/h4-10,18H,11H2,1-3H3,(H,21,22)/b20-12-/t18-/m1/s1. The summed E-state index contributed by atoms with van der Waals surface area (Å²) in [5, 5.41) is 4.15. The molecular formula is C19H20N2O5. The van der Waals surface area contributed by atoms with Gasteiger partial charge in [-0.3, -0.25) is 4.79 Å². The molecule has 0 saturated carbocycles. The molecule has 2 aromatic rings. The molecule has 0 unspecified atom stereocenters. The summed E-state index contributed by atoms with van der Waals surface area (Å²) in [6, 6.07) is 12.6. The number of nitrogens with zero attached hydrogens (tertiary/aromatic N) is 1. The molecule has 0 saturated heterocycles. The lowest BCUT2D eigenvalue weighted by Crippen LogP contribution is -2.42. The number of benzene rings is 2. The number of nitrogens with one attached hydrogen (secondary N) is 1. The maximum Gasteiger partial charge on any atom is 0.284 e. The first kappa shape index (κ1) is 17.6. The molecule has 3 rings (SSSR count). The molecule has 0 bridgehead atoms. The van der Waals surface area contributed by atoms with Gasteiger partial charge in [-0.15, -0.1) is 0 Å². The van der Waals surface area contributed by atoms with E-state index in [0.717, 1.165) is 5.56 Å². The summed E-state index contributed by atoms with van der Waals surface area (Å²) < 4.78 is 21.7. The summed E-state index contributed by atoms with van der Waals surface area (Å²) in [4.78, 5) is 12.3. The number of hydrogen-bond donors (Lipinski definition) is 1.